The van der Waals surface area contributed by atoms with E-state index in [0.29, 0.717) is 21.6 Å². The molecule has 172 valence electrons. The van der Waals surface area contributed by atoms with E-state index in [9.17, 15) is 14.0 Å². The fourth-order valence-electron chi connectivity index (χ4n) is 3.88. The summed E-state index contributed by atoms with van der Waals surface area (Å²) in [6.45, 7) is 3.92. The van der Waals surface area contributed by atoms with Crippen LogP contribution in [0, 0.1) is 19.7 Å². The molecule has 0 spiro atoms. The molecule has 1 N–H and O–H groups in total. The SMILES string of the molecule is Cc1ccc(C)c(-n2c(SC(C(=O)NC3CC3)c3ccc(F)cc3)nc3ccccc3c2=O)c1. The van der Waals surface area contributed by atoms with Crippen LogP contribution in [0.15, 0.2) is 76.7 Å². The van der Waals surface area contributed by atoms with Crippen LogP contribution < -0.4 is 10.9 Å². The summed E-state index contributed by atoms with van der Waals surface area (Å²) in [6, 6.07) is 19.2. The minimum absolute atomic E-state index is 0.168. The van der Waals surface area contributed by atoms with Gasteiger partial charge < -0.3 is 5.32 Å². The van der Waals surface area contributed by atoms with Crippen molar-refractivity contribution in [2.45, 2.75) is 43.1 Å². The smallest absolute Gasteiger partial charge is 0.266 e. The minimum Gasteiger partial charge on any atom is -0.352 e. The number of nitrogens with zero attached hydrogens (tertiary/aromatic N) is 2. The second kappa shape index (κ2) is 9.06. The average Bonchev–Trinajstić information content (AvgIpc) is 3.64. The van der Waals surface area contributed by atoms with Crippen molar-refractivity contribution >= 4 is 28.6 Å². The molecular formula is C27H24FN3O2S. The van der Waals surface area contributed by atoms with Gasteiger partial charge in [0.05, 0.1) is 16.6 Å². The van der Waals surface area contributed by atoms with Crippen molar-refractivity contribution in [2.75, 3.05) is 0 Å². The van der Waals surface area contributed by atoms with Gasteiger partial charge in [0.1, 0.15) is 11.1 Å². The maximum atomic E-state index is 13.7. The van der Waals surface area contributed by atoms with E-state index in [0.717, 1.165) is 29.7 Å². The number of carbonyl (C=O) groups excluding carboxylic acids is 1. The Morgan fingerprint density at radius 3 is 2.56 bits per heavy atom. The molecule has 1 aliphatic carbocycles. The van der Waals surface area contributed by atoms with Crippen LogP contribution in [0.4, 0.5) is 4.39 Å². The van der Waals surface area contributed by atoms with E-state index < -0.39 is 5.25 Å². The minimum atomic E-state index is -0.689. The zero-order chi connectivity index (χ0) is 23.8. The van der Waals surface area contributed by atoms with E-state index in [1.165, 1.54) is 23.9 Å². The number of nitrogens with one attached hydrogen (secondary N) is 1. The Balaban J connectivity index is 1.69. The first-order valence-electron chi connectivity index (χ1n) is 11.2. The van der Waals surface area contributed by atoms with Gasteiger partial charge in [-0.05, 0) is 73.7 Å². The van der Waals surface area contributed by atoms with Crippen LogP contribution in [0.1, 0.15) is 34.8 Å². The molecule has 1 aliphatic rings. The van der Waals surface area contributed by atoms with Crippen molar-refractivity contribution in [2.24, 2.45) is 0 Å². The lowest BCUT2D eigenvalue weighted by molar-refractivity contribution is -0.120. The van der Waals surface area contributed by atoms with Gasteiger partial charge in [0.2, 0.25) is 5.91 Å². The summed E-state index contributed by atoms with van der Waals surface area (Å²) in [5.74, 6) is -0.541. The first-order valence-corrected chi connectivity index (χ1v) is 12.1. The van der Waals surface area contributed by atoms with Crippen LogP contribution in [0.5, 0.6) is 0 Å². The zero-order valence-electron chi connectivity index (χ0n) is 18.9. The molecule has 1 fully saturated rings. The first kappa shape index (κ1) is 22.3. The molecule has 1 atom stereocenters. The van der Waals surface area contributed by atoms with Crippen molar-refractivity contribution in [3.05, 3.63) is 99.6 Å². The molecule has 4 aromatic rings. The number of halogens is 1. The van der Waals surface area contributed by atoms with Gasteiger partial charge in [-0.2, -0.15) is 0 Å². The maximum absolute atomic E-state index is 13.7. The third kappa shape index (κ3) is 4.48. The van der Waals surface area contributed by atoms with Crippen molar-refractivity contribution in [1.29, 1.82) is 0 Å². The van der Waals surface area contributed by atoms with Crippen molar-refractivity contribution in [3.8, 4) is 5.69 Å². The van der Waals surface area contributed by atoms with Gasteiger partial charge in [0.15, 0.2) is 5.16 Å². The summed E-state index contributed by atoms with van der Waals surface area (Å²) >= 11 is 1.21. The summed E-state index contributed by atoms with van der Waals surface area (Å²) < 4.78 is 15.2. The van der Waals surface area contributed by atoms with Crippen LogP contribution >= 0.6 is 11.8 Å². The highest BCUT2D eigenvalue weighted by atomic mass is 32.2. The van der Waals surface area contributed by atoms with Gasteiger partial charge in [-0.15, -0.1) is 0 Å². The summed E-state index contributed by atoms with van der Waals surface area (Å²) in [6.07, 6.45) is 1.90. The molecule has 0 radical (unpaired) electrons. The number of thioether (sulfide) groups is 1. The number of para-hydroxylation sites is 1. The largest absolute Gasteiger partial charge is 0.352 e. The Morgan fingerprint density at radius 1 is 1.09 bits per heavy atom. The number of carbonyl (C=O) groups is 1. The summed E-state index contributed by atoms with van der Waals surface area (Å²) in [7, 11) is 0. The highest BCUT2D eigenvalue weighted by molar-refractivity contribution is 8.00. The number of aromatic nitrogens is 2. The Bertz CT molecular complexity index is 1440. The second-order valence-corrected chi connectivity index (χ2v) is 9.75. The molecule has 0 saturated heterocycles. The van der Waals surface area contributed by atoms with Crippen molar-refractivity contribution in [3.63, 3.8) is 0 Å². The van der Waals surface area contributed by atoms with Crippen molar-refractivity contribution in [1.82, 2.24) is 14.9 Å². The van der Waals surface area contributed by atoms with E-state index in [2.05, 4.69) is 5.32 Å². The standard InChI is InChI=1S/C27H24FN3O2S/c1-16-7-8-17(2)23(15-16)31-26(33)21-5-3-4-6-22(21)30-27(31)34-24(25(32)29-20-13-14-20)18-9-11-19(28)12-10-18/h3-12,15,20,24H,13-14H2,1-2H3,(H,29,32). The van der Waals surface area contributed by atoms with E-state index >= 15 is 0 Å². The third-order valence-electron chi connectivity index (χ3n) is 5.91. The predicted molar refractivity (Wildman–Crippen MR) is 133 cm³/mol. The molecule has 1 aromatic heterocycles. The van der Waals surface area contributed by atoms with Crippen LogP contribution in [-0.4, -0.2) is 21.5 Å². The second-order valence-electron chi connectivity index (χ2n) is 8.67. The van der Waals surface area contributed by atoms with E-state index in [-0.39, 0.29) is 23.3 Å². The number of rotatable bonds is 6. The number of amides is 1. The van der Waals surface area contributed by atoms with Gasteiger partial charge in [-0.1, -0.05) is 48.2 Å². The Labute approximate surface area is 201 Å². The van der Waals surface area contributed by atoms with Crippen LogP contribution in [0.2, 0.25) is 0 Å². The van der Waals surface area contributed by atoms with Crippen molar-refractivity contribution < 1.29 is 9.18 Å². The summed E-state index contributed by atoms with van der Waals surface area (Å²) in [5, 5.41) is 3.28. The number of hydrogen-bond acceptors (Lipinski definition) is 4. The molecule has 5 nitrogen and oxygen atoms in total. The fourth-order valence-corrected chi connectivity index (χ4v) is 5.00. The highest BCUT2D eigenvalue weighted by Crippen LogP contribution is 2.37. The van der Waals surface area contributed by atoms with E-state index in [1.807, 2.05) is 44.2 Å². The van der Waals surface area contributed by atoms with Gasteiger partial charge in [0, 0.05) is 6.04 Å². The normalized spacial score (nSPS) is 14.2. The molecule has 1 saturated carbocycles. The first-order chi connectivity index (χ1) is 16.4. The van der Waals surface area contributed by atoms with Gasteiger partial charge >= 0.3 is 0 Å². The molecular weight excluding hydrogens is 449 g/mol. The van der Waals surface area contributed by atoms with Gasteiger partial charge in [0.25, 0.3) is 5.56 Å². The third-order valence-corrected chi connectivity index (χ3v) is 7.11. The lowest BCUT2D eigenvalue weighted by Gasteiger charge is -2.20. The van der Waals surface area contributed by atoms with Gasteiger partial charge in [-0.25, -0.2) is 9.37 Å². The van der Waals surface area contributed by atoms with Gasteiger partial charge in [-0.3, -0.25) is 14.2 Å². The number of aryl methyl sites for hydroxylation is 2. The van der Waals surface area contributed by atoms with E-state index in [1.54, 1.807) is 28.8 Å². The fraction of sp³-hybridized carbons (Fsp3) is 0.222. The average molecular weight is 474 g/mol. The number of fused-ring (bicyclic) bond motifs is 1. The molecule has 1 amide bonds. The Morgan fingerprint density at radius 2 is 1.82 bits per heavy atom. The van der Waals surface area contributed by atoms with Crippen LogP contribution in [-0.2, 0) is 4.79 Å². The molecule has 1 unspecified atom stereocenters. The molecule has 7 heteroatoms. The molecule has 0 bridgehead atoms. The Kier molecular flexibility index (Phi) is 5.96. The molecule has 5 rings (SSSR count). The summed E-state index contributed by atoms with van der Waals surface area (Å²) in [4.78, 5) is 31.8. The number of benzene rings is 3. The predicted octanol–water partition coefficient (Wildman–Crippen LogP) is 5.25. The molecule has 1 heterocycles. The maximum Gasteiger partial charge on any atom is 0.266 e. The van der Waals surface area contributed by atoms with Crippen LogP contribution in [0.25, 0.3) is 16.6 Å². The molecule has 0 aliphatic heterocycles. The Hall–Kier alpha value is -3.45. The topological polar surface area (TPSA) is 64.0 Å². The van der Waals surface area contributed by atoms with Crippen LogP contribution in [0.3, 0.4) is 0 Å². The molecule has 34 heavy (non-hydrogen) atoms. The lowest BCUT2D eigenvalue weighted by Crippen LogP contribution is -2.30. The molecule has 3 aromatic carbocycles. The number of hydrogen-bond donors (Lipinski definition) is 1. The highest BCUT2D eigenvalue weighted by Gasteiger charge is 2.31. The summed E-state index contributed by atoms with van der Waals surface area (Å²) in [5.41, 5.74) is 3.69. The quantitative estimate of drug-likeness (QED) is 0.307. The monoisotopic (exact) mass is 473 g/mol. The zero-order valence-corrected chi connectivity index (χ0v) is 19.7. The lowest BCUT2D eigenvalue weighted by atomic mass is 10.1. The van der Waals surface area contributed by atoms with E-state index in [4.69, 9.17) is 4.98 Å².